The molecule has 0 amide bonds. The van der Waals surface area contributed by atoms with Crippen LogP contribution < -0.4 is 78.5 Å². The Morgan fingerprint density at radius 2 is 1.14 bits per heavy atom. The maximum atomic E-state index is 8.63. The average molecular weight is 372 g/mol. The normalized spacial score (nSPS) is 8.36. The fourth-order valence-electron chi connectivity index (χ4n) is 0. The predicted octanol–water partition coefficient (Wildman–Crippen LogP) is -10.2. The van der Waals surface area contributed by atoms with Gasteiger partial charge in [0.2, 0.25) is 10.4 Å². The minimum absolute atomic E-state index is 0. The van der Waals surface area contributed by atoms with Gasteiger partial charge >= 0.3 is 109 Å². The SMILES string of the molecule is O=P([O-])([O-])[O-].O=S(=O)([O-])O.[Ca+2].[Cl-].[K+].[Zn+2]. The van der Waals surface area contributed by atoms with Crippen LogP contribution in [0.4, 0.5) is 0 Å². The predicted molar refractivity (Wildman–Crippen MR) is 25.7 cm³/mol. The van der Waals surface area contributed by atoms with Gasteiger partial charge in [0, 0.05) is 0 Å². The Balaban J connectivity index is -0.0000000178. The summed E-state index contributed by atoms with van der Waals surface area (Å²) in [6.45, 7) is 0. The molecule has 0 aliphatic rings. The summed E-state index contributed by atoms with van der Waals surface area (Å²) in [6, 6.07) is 0. The molecule has 0 saturated heterocycles. The van der Waals surface area contributed by atoms with Crippen molar-refractivity contribution in [3.63, 3.8) is 0 Å². The molecule has 0 spiro atoms. The first-order valence-electron chi connectivity index (χ1n) is 1.41. The van der Waals surface area contributed by atoms with E-state index in [0.717, 1.165) is 0 Å². The van der Waals surface area contributed by atoms with Gasteiger partial charge in [-0.25, -0.2) is 8.42 Å². The van der Waals surface area contributed by atoms with Crippen LogP contribution in [0.5, 0.6) is 0 Å². The van der Waals surface area contributed by atoms with E-state index in [0.29, 0.717) is 0 Å². The maximum absolute atomic E-state index is 8.63. The molecule has 0 unspecified atom stereocenters. The zero-order chi connectivity index (χ0) is 9.00. The number of hydrogen-bond donors (Lipinski definition) is 1. The van der Waals surface area contributed by atoms with Crippen LogP contribution in [0.2, 0.25) is 0 Å². The molecular weight excluding hydrogens is 371 g/mol. The van der Waals surface area contributed by atoms with Gasteiger partial charge in [0.15, 0.2) is 0 Å². The molecule has 0 saturated carbocycles. The van der Waals surface area contributed by atoms with E-state index in [9.17, 15) is 0 Å². The van der Waals surface area contributed by atoms with E-state index in [1.54, 1.807) is 0 Å². The van der Waals surface area contributed by atoms with E-state index < -0.39 is 18.2 Å². The summed E-state index contributed by atoms with van der Waals surface area (Å²) in [4.78, 5) is 25.6. The van der Waals surface area contributed by atoms with E-state index in [2.05, 4.69) is 0 Å². The fourth-order valence-corrected chi connectivity index (χ4v) is 0. The van der Waals surface area contributed by atoms with Crippen molar-refractivity contribution in [2.24, 2.45) is 0 Å². The van der Waals surface area contributed by atoms with E-state index in [1.807, 2.05) is 0 Å². The van der Waals surface area contributed by atoms with Gasteiger partial charge in [0.05, 0.1) is 0 Å². The Bertz CT molecular complexity index is 207. The van der Waals surface area contributed by atoms with E-state index >= 15 is 0 Å². The van der Waals surface area contributed by atoms with Gasteiger partial charge in [-0.05, 0) is 0 Å². The summed E-state index contributed by atoms with van der Waals surface area (Å²) in [5.41, 5.74) is 0. The Kier molecular flexibility index (Phi) is 43.3. The molecule has 0 heterocycles. The maximum Gasteiger partial charge on any atom is 2.00 e. The van der Waals surface area contributed by atoms with Crippen LogP contribution >= 0.6 is 7.82 Å². The second kappa shape index (κ2) is 16.8. The van der Waals surface area contributed by atoms with Gasteiger partial charge in [-0.15, -0.1) is 0 Å². The molecule has 0 fully saturated rings. The molecule has 0 aliphatic carbocycles. The monoisotopic (exact) mass is 370 g/mol. The standard InChI is InChI=1S/Ca.ClH.K.H3O4P.H2O4S.Zn/c;;;2*1-5(2,3)4;/h;1H;;(H3,1,2,3,4);(H2,1,2,3,4);/q+2;;+1;;;+2/p-5. The molecule has 0 bridgehead atoms. The summed E-state index contributed by atoms with van der Waals surface area (Å²) < 4.78 is 41.4. The minimum atomic E-state index is -5.39. The Labute approximate surface area is 172 Å². The quantitative estimate of drug-likeness (QED) is 0.190. The molecule has 0 atom stereocenters. The molecular formula is HCaClKO8PSZn. The van der Waals surface area contributed by atoms with Gasteiger partial charge < -0.3 is 36.2 Å². The molecule has 14 heteroatoms. The number of halogens is 1. The van der Waals surface area contributed by atoms with Crippen LogP contribution in [-0.4, -0.2) is 55.3 Å². The fraction of sp³-hybridized carbons (Fsp3) is 0. The van der Waals surface area contributed by atoms with Crippen molar-refractivity contribution in [2.45, 2.75) is 0 Å². The molecule has 72 valence electrons. The van der Waals surface area contributed by atoms with Crippen molar-refractivity contribution in [3.8, 4) is 0 Å². The average Bonchev–Trinajstić information content (AvgIpc) is 1.12. The molecule has 14 heavy (non-hydrogen) atoms. The van der Waals surface area contributed by atoms with Crippen LogP contribution in [0.1, 0.15) is 0 Å². The van der Waals surface area contributed by atoms with Crippen LogP contribution in [0.15, 0.2) is 0 Å². The molecule has 1 N–H and O–H groups in total. The Morgan fingerprint density at radius 3 is 1.14 bits per heavy atom. The number of rotatable bonds is 0. The summed E-state index contributed by atoms with van der Waals surface area (Å²) >= 11 is 0. The zero-order valence-corrected chi connectivity index (χ0v) is 17.7. The molecule has 0 rings (SSSR count). The number of hydrogen-bond acceptors (Lipinski definition) is 7. The van der Waals surface area contributed by atoms with Gasteiger partial charge in [-0.1, -0.05) is 0 Å². The summed E-state index contributed by atoms with van der Waals surface area (Å²) in [5, 5.41) is 0. The van der Waals surface area contributed by atoms with Crippen molar-refractivity contribution in [3.05, 3.63) is 0 Å². The summed E-state index contributed by atoms with van der Waals surface area (Å²) in [5.74, 6) is 0. The molecule has 0 aromatic carbocycles. The third-order valence-electron chi connectivity index (χ3n) is 0. The molecule has 0 aliphatic heterocycles. The second-order valence-electron chi connectivity index (χ2n) is 0.875. The van der Waals surface area contributed by atoms with Gasteiger partial charge in [0.1, 0.15) is 0 Å². The molecule has 8 nitrogen and oxygen atoms in total. The summed E-state index contributed by atoms with van der Waals surface area (Å²) in [6.07, 6.45) is 0. The van der Waals surface area contributed by atoms with Crippen molar-refractivity contribution >= 4 is 56.0 Å². The third kappa shape index (κ3) is 240. The van der Waals surface area contributed by atoms with Crippen LogP contribution in [-0.2, 0) is 34.4 Å². The van der Waals surface area contributed by atoms with Gasteiger partial charge in [-0.3, -0.25) is 4.55 Å². The van der Waals surface area contributed by atoms with Crippen molar-refractivity contribution in [1.29, 1.82) is 0 Å². The van der Waals surface area contributed by atoms with Crippen molar-refractivity contribution < 1.29 is 120 Å². The first-order chi connectivity index (χ1) is 4.00. The van der Waals surface area contributed by atoms with Crippen LogP contribution in [0, 0.1) is 0 Å². The van der Waals surface area contributed by atoms with E-state index in [1.165, 1.54) is 0 Å². The topological polar surface area (TPSA) is 164 Å². The zero-order valence-electron chi connectivity index (χ0n) is 6.95. The van der Waals surface area contributed by atoms with Crippen LogP contribution in [0.3, 0.4) is 0 Å². The smallest absolute Gasteiger partial charge is 1.00 e. The minimum Gasteiger partial charge on any atom is -1.00 e. The van der Waals surface area contributed by atoms with E-state index in [4.69, 9.17) is 36.8 Å². The van der Waals surface area contributed by atoms with Gasteiger partial charge in [-0.2, -0.15) is 7.82 Å². The number of phosphoric acid groups is 1. The summed E-state index contributed by atoms with van der Waals surface area (Å²) in [7, 11) is -10.3. The Hall–Kier alpha value is 3.79. The molecule has 0 radical (unpaired) electrons. The first-order valence-corrected chi connectivity index (χ1v) is 4.24. The largest absolute Gasteiger partial charge is 2.00 e. The van der Waals surface area contributed by atoms with E-state index in [-0.39, 0.29) is 121 Å². The van der Waals surface area contributed by atoms with Crippen molar-refractivity contribution in [1.82, 2.24) is 0 Å². The van der Waals surface area contributed by atoms with Gasteiger partial charge in [0.25, 0.3) is 0 Å². The van der Waals surface area contributed by atoms with Crippen LogP contribution in [0.25, 0.3) is 0 Å². The molecule has 0 aromatic heterocycles. The van der Waals surface area contributed by atoms with Crippen molar-refractivity contribution in [2.75, 3.05) is 0 Å². The first kappa shape index (κ1) is 36.1. The second-order valence-corrected chi connectivity index (χ2v) is 2.62. The molecule has 0 aromatic rings. The Morgan fingerprint density at radius 1 is 1.14 bits per heavy atom. The third-order valence-corrected chi connectivity index (χ3v) is 0.